The summed E-state index contributed by atoms with van der Waals surface area (Å²) in [6.07, 6.45) is -0.802. The Kier molecular flexibility index (Phi) is 10.9. The number of primary amides is 1. The van der Waals surface area contributed by atoms with Crippen molar-refractivity contribution >= 4 is 17.5 Å². The number of likely N-dealkylation sites (N-methyl/N-ethyl adjacent to an activating group) is 1. The standard InChI is InChI=1S/C34H43N3O9/c1-18-13-21(38)15-24(36(2)3)31(42)29(34(35)45)33(44)32(43)26(40)16-25(39)28-22(18)8-9-23(30(28)41)19-7-10-27(46-4)20(14-19)17-37-11-5-6-12-37/h7-10,14,16,18,21,24,32,38,40-43H,5-6,11-13,15,17H2,1-4H3,(H2,35,45)/b26-16-,31-29-/t18-,21+,24+,32+/m1/s1. The molecule has 1 fully saturated rings. The molecule has 248 valence electrons. The van der Waals surface area contributed by atoms with Gasteiger partial charge < -0.3 is 36.0 Å². The number of aliphatic hydroxyl groups is 4. The molecule has 0 saturated carbocycles. The molecule has 0 unspecified atom stereocenters. The number of rotatable bonds is 6. The molecular weight excluding hydrogens is 594 g/mol. The third kappa shape index (κ3) is 7.26. The summed E-state index contributed by atoms with van der Waals surface area (Å²) >= 11 is 0. The summed E-state index contributed by atoms with van der Waals surface area (Å²) in [6.45, 7) is 4.32. The molecule has 1 aliphatic heterocycles. The summed E-state index contributed by atoms with van der Waals surface area (Å²) in [5.74, 6) is -5.84. The highest BCUT2D eigenvalue weighted by Crippen LogP contribution is 2.40. The Hall–Kier alpha value is -4.23. The van der Waals surface area contributed by atoms with Crippen molar-refractivity contribution in [1.29, 1.82) is 0 Å². The molecule has 4 atom stereocenters. The van der Waals surface area contributed by atoms with Crippen molar-refractivity contribution in [2.75, 3.05) is 34.3 Å². The van der Waals surface area contributed by atoms with E-state index in [4.69, 9.17) is 10.5 Å². The van der Waals surface area contributed by atoms with E-state index in [-0.39, 0.29) is 24.2 Å². The molecule has 4 rings (SSSR count). The van der Waals surface area contributed by atoms with E-state index in [1.165, 1.54) is 4.90 Å². The van der Waals surface area contributed by atoms with Gasteiger partial charge in [0.05, 0.1) is 24.8 Å². The second-order valence-corrected chi connectivity index (χ2v) is 12.3. The number of phenols is 1. The third-order valence-corrected chi connectivity index (χ3v) is 8.79. The summed E-state index contributed by atoms with van der Waals surface area (Å²) in [6, 6.07) is 7.72. The van der Waals surface area contributed by atoms with Gasteiger partial charge in [0.15, 0.2) is 11.9 Å². The third-order valence-electron chi connectivity index (χ3n) is 8.79. The van der Waals surface area contributed by atoms with Crippen LogP contribution in [0.4, 0.5) is 0 Å². The molecule has 1 saturated heterocycles. The van der Waals surface area contributed by atoms with Crippen LogP contribution in [0.15, 0.2) is 53.5 Å². The quantitative estimate of drug-likeness (QED) is 0.255. The lowest BCUT2D eigenvalue weighted by Gasteiger charge is -2.29. The van der Waals surface area contributed by atoms with Crippen LogP contribution in [0, 0.1) is 0 Å². The topological polar surface area (TPSA) is 194 Å². The van der Waals surface area contributed by atoms with Crippen molar-refractivity contribution in [3.63, 3.8) is 0 Å². The van der Waals surface area contributed by atoms with E-state index in [2.05, 4.69) is 4.90 Å². The van der Waals surface area contributed by atoms with Gasteiger partial charge in [-0.15, -0.1) is 0 Å². The molecule has 0 bridgehead atoms. The number of hydrogen-bond acceptors (Lipinski definition) is 11. The average molecular weight is 638 g/mol. The first-order valence-electron chi connectivity index (χ1n) is 15.2. The minimum Gasteiger partial charge on any atom is -0.510 e. The fourth-order valence-electron chi connectivity index (χ4n) is 6.31. The second-order valence-electron chi connectivity index (χ2n) is 12.3. The van der Waals surface area contributed by atoms with Gasteiger partial charge in [-0.25, -0.2) is 0 Å². The number of carbonyl (C=O) groups excluding carboxylic acids is 3. The number of phenolic OH excluding ortho intramolecular Hbond substituents is 1. The van der Waals surface area contributed by atoms with E-state index in [0.717, 1.165) is 31.5 Å². The Morgan fingerprint density at radius 1 is 1.04 bits per heavy atom. The van der Waals surface area contributed by atoms with Crippen LogP contribution in [0.2, 0.25) is 0 Å². The van der Waals surface area contributed by atoms with E-state index in [1.807, 2.05) is 6.07 Å². The van der Waals surface area contributed by atoms with Gasteiger partial charge in [-0.3, -0.25) is 24.2 Å². The highest BCUT2D eigenvalue weighted by molar-refractivity contribution is 6.21. The maximum atomic E-state index is 13.7. The molecule has 2 aromatic rings. The van der Waals surface area contributed by atoms with Gasteiger partial charge in [0.2, 0.25) is 5.78 Å². The number of allylic oxidation sites excluding steroid dienone is 1. The van der Waals surface area contributed by atoms with Crippen molar-refractivity contribution < 1.29 is 44.7 Å². The molecule has 1 aliphatic carbocycles. The highest BCUT2D eigenvalue weighted by Gasteiger charge is 2.35. The van der Waals surface area contributed by atoms with E-state index >= 15 is 0 Å². The highest BCUT2D eigenvalue weighted by atomic mass is 16.5. The lowest BCUT2D eigenvalue weighted by Crippen LogP contribution is -2.39. The molecule has 12 heteroatoms. The number of ether oxygens (including phenoxy) is 1. The van der Waals surface area contributed by atoms with Gasteiger partial charge in [0.25, 0.3) is 5.91 Å². The predicted octanol–water partition coefficient (Wildman–Crippen LogP) is 2.70. The molecule has 1 amide bonds. The number of nitrogens with zero attached hydrogens (tertiary/aromatic N) is 2. The van der Waals surface area contributed by atoms with Crippen molar-refractivity contribution in [2.24, 2.45) is 5.73 Å². The first-order valence-corrected chi connectivity index (χ1v) is 15.2. The monoisotopic (exact) mass is 637 g/mol. The number of aliphatic hydroxyl groups excluding tert-OH is 4. The Bertz CT molecular complexity index is 1560. The summed E-state index contributed by atoms with van der Waals surface area (Å²) < 4.78 is 5.58. The molecule has 2 aromatic carbocycles. The molecule has 46 heavy (non-hydrogen) atoms. The number of hydrogen-bond donors (Lipinski definition) is 6. The summed E-state index contributed by atoms with van der Waals surface area (Å²) in [4.78, 5) is 42.9. The lowest BCUT2D eigenvalue weighted by atomic mass is 9.84. The number of nitrogens with two attached hydrogens (primary N) is 1. The first kappa shape index (κ1) is 34.6. The van der Waals surface area contributed by atoms with Crippen LogP contribution in [0.1, 0.15) is 60.0 Å². The van der Waals surface area contributed by atoms with Gasteiger partial charge in [0.1, 0.15) is 28.6 Å². The molecule has 0 aromatic heterocycles. The van der Waals surface area contributed by atoms with Crippen LogP contribution in [0.5, 0.6) is 11.5 Å². The number of benzene rings is 2. The molecule has 7 N–H and O–H groups in total. The first-order chi connectivity index (χ1) is 21.7. The van der Waals surface area contributed by atoms with Gasteiger partial charge in [-0.05, 0) is 82.0 Å². The lowest BCUT2D eigenvalue weighted by molar-refractivity contribution is -0.126. The largest absolute Gasteiger partial charge is 0.510 e. The van der Waals surface area contributed by atoms with Crippen molar-refractivity contribution in [1.82, 2.24) is 9.80 Å². The zero-order valence-corrected chi connectivity index (χ0v) is 26.6. The summed E-state index contributed by atoms with van der Waals surface area (Å²) in [5, 5.41) is 55.0. The maximum absolute atomic E-state index is 13.7. The number of fused-ring (bicyclic) bond motifs is 1. The van der Waals surface area contributed by atoms with Crippen molar-refractivity contribution in [2.45, 2.75) is 63.3 Å². The maximum Gasteiger partial charge on any atom is 0.255 e. The minimum atomic E-state index is -2.43. The van der Waals surface area contributed by atoms with Gasteiger partial charge in [-0.1, -0.05) is 25.1 Å². The fraction of sp³-hybridized carbons (Fsp3) is 0.441. The van der Waals surface area contributed by atoms with Crippen LogP contribution in [-0.4, -0.2) is 105 Å². The van der Waals surface area contributed by atoms with Crippen LogP contribution in [0.3, 0.4) is 0 Å². The zero-order chi connectivity index (χ0) is 33.9. The van der Waals surface area contributed by atoms with E-state index in [0.29, 0.717) is 35.1 Å². The Balaban J connectivity index is 1.86. The fourth-order valence-corrected chi connectivity index (χ4v) is 6.31. The second kappa shape index (κ2) is 14.5. The SMILES string of the molecule is COc1ccc(-c2ccc3c(c2O)C(=O)/C=C(\O)[C@H](O)C(=O)/C(C(N)=O)=C(/O)[C@@H](N(C)C)C[C@@H](O)C[C@H]3C)cc1CN1CCCC1. The van der Waals surface area contributed by atoms with Crippen molar-refractivity contribution in [3.05, 3.63) is 70.2 Å². The Morgan fingerprint density at radius 3 is 2.33 bits per heavy atom. The van der Waals surface area contributed by atoms with E-state index < -0.39 is 58.7 Å². The molecule has 1 heterocycles. The molecule has 0 radical (unpaired) electrons. The number of carbonyl (C=O) groups is 3. The number of Topliss-reactive ketones (excluding diaryl/α,β-unsaturated/α-hetero) is 1. The smallest absolute Gasteiger partial charge is 0.255 e. The normalized spacial score (nSPS) is 26.4. The number of methoxy groups -OCH3 is 1. The summed E-state index contributed by atoms with van der Waals surface area (Å²) in [7, 11) is 4.70. The Labute approximate surface area is 268 Å². The number of aromatic hydroxyl groups is 1. The number of amides is 1. The van der Waals surface area contributed by atoms with Crippen LogP contribution in [-0.2, 0) is 16.1 Å². The zero-order valence-electron chi connectivity index (χ0n) is 26.6. The van der Waals surface area contributed by atoms with Crippen molar-refractivity contribution in [3.8, 4) is 22.6 Å². The average Bonchev–Trinajstić information content (AvgIpc) is 3.51. The molecule has 2 aliphatic rings. The predicted molar refractivity (Wildman–Crippen MR) is 171 cm³/mol. The van der Waals surface area contributed by atoms with Gasteiger partial charge in [0, 0.05) is 23.7 Å². The van der Waals surface area contributed by atoms with E-state index in [9.17, 15) is 39.9 Å². The van der Waals surface area contributed by atoms with Crippen LogP contribution >= 0.6 is 0 Å². The molecule has 12 nitrogen and oxygen atoms in total. The number of likely N-dealkylation sites (tertiary alicyclic amines) is 1. The van der Waals surface area contributed by atoms with Gasteiger partial charge >= 0.3 is 0 Å². The van der Waals surface area contributed by atoms with Gasteiger partial charge in [-0.2, -0.15) is 0 Å². The number of ketones is 2. The molecule has 0 spiro atoms. The van der Waals surface area contributed by atoms with Crippen LogP contribution in [0.25, 0.3) is 11.1 Å². The summed E-state index contributed by atoms with van der Waals surface area (Å²) in [5.41, 5.74) is 6.43. The Morgan fingerprint density at radius 2 is 1.72 bits per heavy atom. The van der Waals surface area contributed by atoms with E-state index in [1.54, 1.807) is 52.4 Å². The van der Waals surface area contributed by atoms with Crippen LogP contribution < -0.4 is 10.5 Å². The molecular formula is C34H43N3O9. The minimum absolute atomic E-state index is 0.0668.